The lowest BCUT2D eigenvalue weighted by Gasteiger charge is -2.50. The summed E-state index contributed by atoms with van der Waals surface area (Å²) in [5.74, 6) is 0.392. The summed E-state index contributed by atoms with van der Waals surface area (Å²) in [4.78, 5) is 6.32. The molecule has 4 nitrogen and oxygen atoms in total. The Morgan fingerprint density at radius 1 is 1.03 bits per heavy atom. The van der Waals surface area contributed by atoms with Crippen LogP contribution in [0.15, 0.2) is 43.0 Å². The fourth-order valence-corrected chi connectivity index (χ4v) is 7.84. The smallest absolute Gasteiger partial charge is 0.192 e. The molecule has 1 aliphatic carbocycles. The van der Waals surface area contributed by atoms with Crippen LogP contribution in [0.2, 0.25) is 36.3 Å². The minimum atomic E-state index is -2.07. The SMILES string of the molecule is C=CC[C@@]1(O[Si](C)(C)C(C)(C)C)C[C@H]2CON(Cc3ccccc3)[C@H]2[C@H]1O[Si](C)(C)C(C)(C)C. The van der Waals surface area contributed by atoms with Crippen LogP contribution in [0.5, 0.6) is 0 Å². The van der Waals surface area contributed by atoms with E-state index in [1.807, 2.05) is 0 Å². The summed E-state index contributed by atoms with van der Waals surface area (Å²) in [7, 11) is -4.13. The second-order valence-corrected chi connectivity index (χ2v) is 23.0. The highest BCUT2D eigenvalue weighted by Gasteiger charge is 2.63. The molecule has 0 bridgehead atoms. The molecule has 2 fully saturated rings. The van der Waals surface area contributed by atoms with Crippen LogP contribution in [0, 0.1) is 5.92 Å². The summed E-state index contributed by atoms with van der Waals surface area (Å²) >= 11 is 0. The normalized spacial score (nSPS) is 28.8. The lowest BCUT2D eigenvalue weighted by Crippen LogP contribution is -2.60. The molecule has 1 saturated heterocycles. The van der Waals surface area contributed by atoms with Crippen LogP contribution in [0.25, 0.3) is 0 Å². The third-order valence-corrected chi connectivity index (χ3v) is 17.9. The number of nitrogens with zero attached hydrogens (tertiary/aromatic N) is 1. The summed E-state index contributed by atoms with van der Waals surface area (Å²) < 4.78 is 14.7. The van der Waals surface area contributed by atoms with Crippen LogP contribution in [0.4, 0.5) is 0 Å². The minimum absolute atomic E-state index is 0.0447. The van der Waals surface area contributed by atoms with Crippen molar-refractivity contribution in [1.29, 1.82) is 0 Å². The van der Waals surface area contributed by atoms with Gasteiger partial charge in [-0.15, -0.1) is 6.58 Å². The Bertz CT molecular complexity index is 843. The van der Waals surface area contributed by atoms with Gasteiger partial charge in [-0.3, -0.25) is 4.84 Å². The summed E-state index contributed by atoms with van der Waals surface area (Å²) in [6.07, 6.45) is 3.78. The van der Waals surface area contributed by atoms with Crippen LogP contribution < -0.4 is 0 Å². The number of hydrogen-bond donors (Lipinski definition) is 0. The Morgan fingerprint density at radius 3 is 2.15 bits per heavy atom. The third-order valence-electron chi connectivity index (χ3n) is 8.87. The van der Waals surface area contributed by atoms with Crippen molar-refractivity contribution >= 4 is 16.6 Å². The Kier molecular flexibility index (Phi) is 7.85. The van der Waals surface area contributed by atoms with Gasteiger partial charge in [-0.1, -0.05) is 78.0 Å². The topological polar surface area (TPSA) is 30.9 Å². The van der Waals surface area contributed by atoms with E-state index < -0.39 is 16.6 Å². The van der Waals surface area contributed by atoms with Crippen LogP contribution in [0.1, 0.15) is 59.9 Å². The van der Waals surface area contributed by atoms with E-state index in [-0.39, 0.29) is 27.8 Å². The van der Waals surface area contributed by atoms with Gasteiger partial charge in [0.15, 0.2) is 16.6 Å². The number of rotatable bonds is 8. The maximum Gasteiger partial charge on any atom is 0.192 e. The average Bonchev–Trinajstić information content (AvgIpc) is 3.18. The Morgan fingerprint density at radius 2 is 1.62 bits per heavy atom. The van der Waals surface area contributed by atoms with Gasteiger partial charge in [-0.25, -0.2) is 0 Å². The standard InChI is InChI=1S/C28H49NO3Si2/c1-12-18-28(32-34(10,11)27(5,6)7)19-23-21-30-29(20-22-16-14-13-15-17-22)24(23)25(28)31-33(8,9)26(2,3)4/h12-17,23-25H,1,18-21H2,2-11H3/t23-,24+,25+,28+/m0/s1. The van der Waals surface area contributed by atoms with Gasteiger partial charge in [0.1, 0.15) is 0 Å². The number of fused-ring (bicyclic) bond motifs is 1. The summed E-state index contributed by atoms with van der Waals surface area (Å²) in [5, 5.41) is 2.45. The fourth-order valence-electron chi connectivity index (χ4n) is 4.89. The molecular formula is C28H49NO3Si2. The van der Waals surface area contributed by atoms with Gasteiger partial charge in [0.2, 0.25) is 0 Å². The largest absolute Gasteiger partial charge is 0.409 e. The highest BCUT2D eigenvalue weighted by atomic mass is 28.4. The fraction of sp³-hybridized carbons (Fsp3) is 0.714. The summed E-state index contributed by atoms with van der Waals surface area (Å²) in [6, 6.07) is 10.8. The zero-order chi connectivity index (χ0) is 25.6. The van der Waals surface area contributed by atoms with Gasteiger partial charge in [-0.05, 0) is 54.7 Å². The summed E-state index contributed by atoms with van der Waals surface area (Å²) in [5.41, 5.74) is 0.898. The van der Waals surface area contributed by atoms with Gasteiger partial charge in [0.05, 0.1) is 24.4 Å². The first-order valence-electron chi connectivity index (χ1n) is 13.0. The molecule has 1 aromatic carbocycles. The number of hydroxylamine groups is 2. The molecule has 3 rings (SSSR count). The highest BCUT2D eigenvalue weighted by molar-refractivity contribution is 6.74. The molecule has 0 N–H and O–H groups in total. The van der Waals surface area contributed by atoms with Crippen LogP contribution in [-0.2, 0) is 20.2 Å². The van der Waals surface area contributed by atoms with Gasteiger partial charge in [0, 0.05) is 12.5 Å². The van der Waals surface area contributed by atoms with Gasteiger partial charge in [0.25, 0.3) is 0 Å². The van der Waals surface area contributed by atoms with E-state index >= 15 is 0 Å². The molecule has 34 heavy (non-hydrogen) atoms. The van der Waals surface area contributed by atoms with E-state index in [2.05, 4.69) is 116 Å². The van der Waals surface area contributed by atoms with Crippen molar-refractivity contribution in [2.24, 2.45) is 5.92 Å². The van der Waals surface area contributed by atoms with Crippen LogP contribution in [-0.4, -0.2) is 46.1 Å². The van der Waals surface area contributed by atoms with E-state index in [9.17, 15) is 0 Å². The quantitative estimate of drug-likeness (QED) is 0.271. The molecule has 6 heteroatoms. The van der Waals surface area contributed by atoms with Crippen LogP contribution in [0.3, 0.4) is 0 Å². The van der Waals surface area contributed by atoms with E-state index in [4.69, 9.17) is 13.7 Å². The molecule has 0 amide bonds. The molecule has 0 aromatic heterocycles. The first kappa shape index (κ1) is 27.8. The number of benzene rings is 1. The maximum atomic E-state index is 7.38. The van der Waals surface area contributed by atoms with Crippen molar-refractivity contribution < 1.29 is 13.7 Å². The second-order valence-electron chi connectivity index (χ2n) is 13.5. The Balaban J connectivity index is 2.04. The van der Waals surface area contributed by atoms with Crippen molar-refractivity contribution in [2.45, 2.75) is 115 Å². The van der Waals surface area contributed by atoms with Crippen molar-refractivity contribution in [2.75, 3.05) is 6.61 Å². The molecule has 2 aliphatic rings. The predicted octanol–water partition coefficient (Wildman–Crippen LogP) is 7.55. The van der Waals surface area contributed by atoms with E-state index in [1.165, 1.54) is 5.56 Å². The zero-order valence-corrected chi connectivity index (χ0v) is 25.4. The molecule has 4 atom stereocenters. The first-order valence-corrected chi connectivity index (χ1v) is 18.8. The van der Waals surface area contributed by atoms with E-state index in [1.54, 1.807) is 0 Å². The highest BCUT2D eigenvalue weighted by Crippen LogP contribution is 2.53. The number of hydrogen-bond acceptors (Lipinski definition) is 4. The molecule has 1 heterocycles. The van der Waals surface area contributed by atoms with Gasteiger partial charge < -0.3 is 8.85 Å². The second kappa shape index (κ2) is 9.60. The van der Waals surface area contributed by atoms with Crippen LogP contribution >= 0.6 is 0 Å². The summed E-state index contributed by atoms with van der Waals surface area (Å²) in [6.45, 7) is 29.1. The monoisotopic (exact) mass is 503 g/mol. The van der Waals surface area contributed by atoms with E-state index in [0.29, 0.717) is 5.92 Å². The molecule has 0 radical (unpaired) electrons. The minimum Gasteiger partial charge on any atom is -0.409 e. The maximum absolute atomic E-state index is 7.38. The predicted molar refractivity (Wildman–Crippen MR) is 148 cm³/mol. The van der Waals surface area contributed by atoms with Crippen molar-refractivity contribution in [3.05, 3.63) is 48.6 Å². The average molecular weight is 504 g/mol. The third kappa shape index (κ3) is 5.47. The van der Waals surface area contributed by atoms with Gasteiger partial charge >= 0.3 is 0 Å². The van der Waals surface area contributed by atoms with Crippen molar-refractivity contribution in [1.82, 2.24) is 5.06 Å². The molecule has 1 saturated carbocycles. The molecule has 0 spiro atoms. The van der Waals surface area contributed by atoms with Crippen molar-refractivity contribution in [3.63, 3.8) is 0 Å². The van der Waals surface area contributed by atoms with Gasteiger partial charge in [-0.2, -0.15) is 5.06 Å². The molecular weight excluding hydrogens is 454 g/mol. The lowest BCUT2D eigenvalue weighted by atomic mass is 9.94. The molecule has 1 aromatic rings. The van der Waals surface area contributed by atoms with E-state index in [0.717, 1.165) is 26.0 Å². The molecule has 0 unspecified atom stereocenters. The first-order chi connectivity index (χ1) is 15.5. The Hall–Kier alpha value is -0.766. The lowest BCUT2D eigenvalue weighted by molar-refractivity contribution is -0.175. The Labute approximate surface area is 211 Å². The zero-order valence-electron chi connectivity index (χ0n) is 23.4. The molecule has 192 valence electrons. The van der Waals surface area contributed by atoms with Crippen molar-refractivity contribution in [3.8, 4) is 0 Å². The molecule has 1 aliphatic heterocycles.